The number of benzene rings is 3. The summed E-state index contributed by atoms with van der Waals surface area (Å²) in [6.07, 6.45) is 0. The van der Waals surface area contributed by atoms with Crippen molar-refractivity contribution in [3.8, 4) is 0 Å². The van der Waals surface area contributed by atoms with Crippen LogP contribution in [0.3, 0.4) is 0 Å². The molecule has 0 unspecified atom stereocenters. The predicted molar refractivity (Wildman–Crippen MR) is 109 cm³/mol. The van der Waals surface area contributed by atoms with Crippen LogP contribution >= 0.6 is 22.9 Å². The smallest absolute Gasteiger partial charge is 0.241 e. The summed E-state index contributed by atoms with van der Waals surface area (Å²) >= 11 is 7.10. The molecule has 0 bridgehead atoms. The number of thiazole rings is 1. The average Bonchev–Trinajstić information content (AvgIpc) is 3.04. The maximum atomic E-state index is 12.4. The van der Waals surface area contributed by atoms with Crippen LogP contribution in [0.2, 0.25) is 5.02 Å². The highest BCUT2D eigenvalue weighted by Crippen LogP contribution is 2.32. The third kappa shape index (κ3) is 3.66. The number of amides is 1. The number of nitrogens with zero attached hydrogens (tertiary/aromatic N) is 1. The summed E-state index contributed by atoms with van der Waals surface area (Å²) in [4.78, 5) is 16.7. The Bertz CT molecular complexity index is 1270. The van der Waals surface area contributed by atoms with Gasteiger partial charge in [0.05, 0.1) is 15.1 Å². The SMILES string of the molecule is O=C(CS(=O)(=O)c1ccc(Cl)cc1)Nc1nc2ccc3ccccc3c2s1. The molecule has 0 saturated carbocycles. The van der Waals surface area contributed by atoms with Crippen molar-refractivity contribution in [2.45, 2.75) is 4.90 Å². The zero-order valence-electron chi connectivity index (χ0n) is 13.8. The van der Waals surface area contributed by atoms with Gasteiger partial charge in [-0.1, -0.05) is 53.3 Å². The molecule has 4 rings (SSSR count). The van der Waals surface area contributed by atoms with E-state index >= 15 is 0 Å². The maximum absolute atomic E-state index is 12.4. The molecule has 5 nitrogen and oxygen atoms in total. The topological polar surface area (TPSA) is 76.1 Å². The molecule has 1 amide bonds. The van der Waals surface area contributed by atoms with Crippen LogP contribution in [0.25, 0.3) is 21.0 Å². The Labute approximate surface area is 164 Å². The van der Waals surface area contributed by atoms with Crippen LogP contribution in [0.1, 0.15) is 0 Å². The lowest BCUT2D eigenvalue weighted by molar-refractivity contribution is -0.113. The van der Waals surface area contributed by atoms with Crippen molar-refractivity contribution < 1.29 is 13.2 Å². The number of aromatic nitrogens is 1. The third-order valence-corrected chi connectivity index (χ3v) is 6.92. The lowest BCUT2D eigenvalue weighted by atomic mass is 10.1. The van der Waals surface area contributed by atoms with Crippen LogP contribution in [0, 0.1) is 0 Å². The van der Waals surface area contributed by atoms with Gasteiger partial charge in [-0.15, -0.1) is 0 Å². The van der Waals surface area contributed by atoms with E-state index in [1.807, 2.05) is 36.4 Å². The molecule has 136 valence electrons. The fourth-order valence-corrected chi connectivity index (χ4v) is 5.04. The second-order valence-corrected chi connectivity index (χ2v) is 9.34. The Morgan fingerprint density at radius 3 is 2.56 bits per heavy atom. The van der Waals surface area contributed by atoms with Gasteiger partial charge in [0.2, 0.25) is 5.91 Å². The summed E-state index contributed by atoms with van der Waals surface area (Å²) in [6, 6.07) is 17.5. The molecule has 0 aliphatic rings. The van der Waals surface area contributed by atoms with E-state index < -0.39 is 21.5 Å². The van der Waals surface area contributed by atoms with Crippen LogP contribution in [0.15, 0.2) is 65.6 Å². The first-order valence-corrected chi connectivity index (χ1v) is 10.8. The van der Waals surface area contributed by atoms with E-state index in [4.69, 9.17) is 11.6 Å². The molecule has 1 aromatic heterocycles. The Morgan fingerprint density at radius 1 is 1.04 bits per heavy atom. The minimum atomic E-state index is -3.75. The number of hydrogen-bond acceptors (Lipinski definition) is 5. The highest BCUT2D eigenvalue weighted by molar-refractivity contribution is 7.92. The van der Waals surface area contributed by atoms with Gasteiger partial charge in [0.1, 0.15) is 5.75 Å². The molecule has 3 aromatic carbocycles. The van der Waals surface area contributed by atoms with Crippen molar-refractivity contribution in [2.24, 2.45) is 0 Å². The van der Waals surface area contributed by atoms with Crippen LogP contribution in [0.5, 0.6) is 0 Å². The normalized spacial score (nSPS) is 11.7. The van der Waals surface area contributed by atoms with Crippen molar-refractivity contribution in [3.05, 3.63) is 65.7 Å². The van der Waals surface area contributed by atoms with E-state index in [1.54, 1.807) is 0 Å². The van der Waals surface area contributed by atoms with Gasteiger partial charge in [-0.25, -0.2) is 13.4 Å². The molecule has 27 heavy (non-hydrogen) atoms. The lowest BCUT2D eigenvalue weighted by Crippen LogP contribution is -2.22. The molecule has 8 heteroatoms. The fourth-order valence-electron chi connectivity index (χ4n) is 2.76. The van der Waals surface area contributed by atoms with Gasteiger partial charge in [-0.2, -0.15) is 0 Å². The molecule has 4 aromatic rings. The number of carbonyl (C=O) groups is 1. The number of hydrogen-bond donors (Lipinski definition) is 1. The zero-order chi connectivity index (χ0) is 19.0. The Balaban J connectivity index is 1.57. The van der Waals surface area contributed by atoms with E-state index in [0.29, 0.717) is 10.2 Å². The summed E-state index contributed by atoms with van der Waals surface area (Å²) in [5.41, 5.74) is 0.759. The van der Waals surface area contributed by atoms with Gasteiger partial charge < -0.3 is 5.32 Å². The molecule has 0 aliphatic carbocycles. The summed E-state index contributed by atoms with van der Waals surface area (Å²) in [5.74, 6) is -1.29. The first-order valence-electron chi connectivity index (χ1n) is 7.99. The Kier molecular flexibility index (Phi) is 4.59. The van der Waals surface area contributed by atoms with Crippen LogP contribution in [-0.2, 0) is 14.6 Å². The quantitative estimate of drug-likeness (QED) is 0.530. The van der Waals surface area contributed by atoms with Gasteiger partial charge in [-0.3, -0.25) is 4.79 Å². The number of anilines is 1. The molecule has 1 heterocycles. The largest absolute Gasteiger partial charge is 0.301 e. The van der Waals surface area contributed by atoms with Crippen molar-refractivity contribution in [2.75, 3.05) is 11.1 Å². The Hall–Kier alpha value is -2.48. The number of rotatable bonds is 4. The monoisotopic (exact) mass is 416 g/mol. The van der Waals surface area contributed by atoms with E-state index in [1.165, 1.54) is 35.6 Å². The van der Waals surface area contributed by atoms with Crippen LogP contribution in [-0.4, -0.2) is 25.1 Å². The van der Waals surface area contributed by atoms with Crippen molar-refractivity contribution >= 4 is 64.8 Å². The highest BCUT2D eigenvalue weighted by atomic mass is 35.5. The van der Waals surface area contributed by atoms with Gasteiger partial charge >= 0.3 is 0 Å². The van der Waals surface area contributed by atoms with Gasteiger partial charge in [0.25, 0.3) is 0 Å². The molecule has 0 saturated heterocycles. The first kappa shape index (κ1) is 17.9. The minimum absolute atomic E-state index is 0.0531. The minimum Gasteiger partial charge on any atom is -0.301 e. The second kappa shape index (κ2) is 6.92. The molecular weight excluding hydrogens is 404 g/mol. The van der Waals surface area contributed by atoms with Crippen LogP contribution in [0.4, 0.5) is 5.13 Å². The van der Waals surface area contributed by atoms with E-state index in [-0.39, 0.29) is 4.90 Å². The summed E-state index contributed by atoms with van der Waals surface area (Å²) in [7, 11) is -3.75. The van der Waals surface area contributed by atoms with Gasteiger partial charge in [-0.05, 0) is 35.7 Å². The highest BCUT2D eigenvalue weighted by Gasteiger charge is 2.20. The summed E-state index contributed by atoms with van der Waals surface area (Å²) in [6.45, 7) is 0. The number of sulfone groups is 1. The number of nitrogens with one attached hydrogen (secondary N) is 1. The molecule has 0 atom stereocenters. The fraction of sp³-hybridized carbons (Fsp3) is 0.0526. The Morgan fingerprint density at radius 2 is 1.78 bits per heavy atom. The van der Waals surface area contributed by atoms with Gasteiger partial charge in [0, 0.05) is 10.4 Å². The second-order valence-electron chi connectivity index (χ2n) is 5.92. The molecule has 1 N–H and O–H groups in total. The van der Waals surface area contributed by atoms with Gasteiger partial charge in [0.15, 0.2) is 15.0 Å². The third-order valence-electron chi connectivity index (χ3n) is 4.02. The van der Waals surface area contributed by atoms with E-state index in [0.717, 1.165) is 21.0 Å². The van der Waals surface area contributed by atoms with Crippen LogP contribution < -0.4 is 5.32 Å². The number of carbonyl (C=O) groups excluding carboxylic acids is 1. The van der Waals surface area contributed by atoms with Crippen molar-refractivity contribution in [1.29, 1.82) is 0 Å². The van der Waals surface area contributed by atoms with Crippen molar-refractivity contribution in [3.63, 3.8) is 0 Å². The predicted octanol–water partition coefficient (Wildman–Crippen LogP) is 4.52. The van der Waals surface area contributed by atoms with E-state index in [9.17, 15) is 13.2 Å². The number of fused-ring (bicyclic) bond motifs is 3. The van der Waals surface area contributed by atoms with E-state index in [2.05, 4.69) is 10.3 Å². The summed E-state index contributed by atoms with van der Waals surface area (Å²) < 4.78 is 25.7. The molecule has 0 radical (unpaired) electrons. The standard InChI is InChI=1S/C19H13ClN2O3S2/c20-13-6-8-14(9-7-13)27(24,25)11-17(23)22-19-21-16-10-5-12-3-1-2-4-15(12)18(16)26-19/h1-10H,11H2,(H,21,22,23). The molecule has 0 aliphatic heterocycles. The zero-order valence-corrected chi connectivity index (χ0v) is 16.2. The molecular formula is C19H13ClN2O3S2. The number of halogens is 1. The molecule has 0 spiro atoms. The summed E-state index contributed by atoms with van der Waals surface area (Å²) in [5, 5.41) is 5.52. The first-order chi connectivity index (χ1) is 12.9. The molecule has 0 fully saturated rings. The average molecular weight is 417 g/mol. The lowest BCUT2D eigenvalue weighted by Gasteiger charge is -2.04. The van der Waals surface area contributed by atoms with Crippen molar-refractivity contribution in [1.82, 2.24) is 4.98 Å². The maximum Gasteiger partial charge on any atom is 0.241 e.